The first kappa shape index (κ1) is 14.3. The molecule has 19 heavy (non-hydrogen) atoms. The highest BCUT2D eigenvalue weighted by molar-refractivity contribution is 6.31. The number of halogens is 4. The highest BCUT2D eigenvalue weighted by Gasteiger charge is 2.19. The minimum Gasteiger partial charge on any atom is -0.309 e. The van der Waals surface area contributed by atoms with Crippen LogP contribution in [0.3, 0.4) is 0 Å². The van der Waals surface area contributed by atoms with Crippen molar-refractivity contribution in [1.29, 1.82) is 0 Å². The standard InChI is InChI=1S/C14H11Cl2F2N/c1-19-14(10-4-2-8(15)6-13(10)18)11-7-9(17)3-5-12(11)16/h2-7,14,19H,1H3. The molecule has 0 spiro atoms. The van der Waals surface area contributed by atoms with Crippen molar-refractivity contribution in [2.24, 2.45) is 0 Å². The first-order chi connectivity index (χ1) is 9.02. The first-order valence-electron chi connectivity index (χ1n) is 5.60. The number of rotatable bonds is 3. The molecule has 0 saturated heterocycles. The van der Waals surface area contributed by atoms with Crippen molar-refractivity contribution in [3.8, 4) is 0 Å². The zero-order valence-corrected chi connectivity index (χ0v) is 11.6. The lowest BCUT2D eigenvalue weighted by Crippen LogP contribution is -2.19. The fourth-order valence-electron chi connectivity index (χ4n) is 1.95. The van der Waals surface area contributed by atoms with E-state index in [-0.39, 0.29) is 0 Å². The van der Waals surface area contributed by atoms with E-state index in [9.17, 15) is 8.78 Å². The summed E-state index contributed by atoms with van der Waals surface area (Å²) in [4.78, 5) is 0. The van der Waals surface area contributed by atoms with E-state index in [1.807, 2.05) is 0 Å². The lowest BCUT2D eigenvalue weighted by Gasteiger charge is -2.19. The molecule has 0 aliphatic rings. The Morgan fingerprint density at radius 2 is 1.74 bits per heavy atom. The third-order valence-electron chi connectivity index (χ3n) is 2.83. The van der Waals surface area contributed by atoms with Gasteiger partial charge >= 0.3 is 0 Å². The maximum Gasteiger partial charge on any atom is 0.129 e. The van der Waals surface area contributed by atoms with Crippen LogP contribution in [0.25, 0.3) is 0 Å². The third-order valence-corrected chi connectivity index (χ3v) is 3.41. The lowest BCUT2D eigenvalue weighted by atomic mass is 9.98. The van der Waals surface area contributed by atoms with E-state index < -0.39 is 17.7 Å². The summed E-state index contributed by atoms with van der Waals surface area (Å²) in [7, 11) is 1.65. The maximum absolute atomic E-state index is 13.9. The van der Waals surface area contributed by atoms with Gasteiger partial charge in [-0.05, 0) is 42.9 Å². The van der Waals surface area contributed by atoms with Gasteiger partial charge in [-0.2, -0.15) is 0 Å². The van der Waals surface area contributed by atoms with Gasteiger partial charge in [0.25, 0.3) is 0 Å². The molecule has 2 aromatic rings. The Morgan fingerprint density at radius 3 is 2.37 bits per heavy atom. The van der Waals surface area contributed by atoms with Crippen LogP contribution < -0.4 is 5.32 Å². The van der Waals surface area contributed by atoms with Crippen LogP contribution in [0, 0.1) is 11.6 Å². The molecule has 1 nitrogen and oxygen atoms in total. The largest absolute Gasteiger partial charge is 0.309 e. The molecule has 0 aliphatic heterocycles. The zero-order valence-electron chi connectivity index (χ0n) is 10.1. The minimum atomic E-state index is -0.541. The molecule has 1 N–H and O–H groups in total. The predicted octanol–water partition coefficient (Wildman–Crippen LogP) is 4.58. The Hall–Kier alpha value is -1.16. The fourth-order valence-corrected chi connectivity index (χ4v) is 2.34. The van der Waals surface area contributed by atoms with Crippen LogP contribution in [0.2, 0.25) is 10.0 Å². The van der Waals surface area contributed by atoms with Gasteiger partial charge in [-0.1, -0.05) is 29.3 Å². The molecule has 0 radical (unpaired) electrons. The topological polar surface area (TPSA) is 12.0 Å². The van der Waals surface area contributed by atoms with Gasteiger partial charge < -0.3 is 5.32 Å². The highest BCUT2D eigenvalue weighted by Crippen LogP contribution is 2.31. The molecular formula is C14H11Cl2F2N. The molecule has 0 aromatic heterocycles. The van der Waals surface area contributed by atoms with E-state index in [0.29, 0.717) is 21.2 Å². The van der Waals surface area contributed by atoms with Gasteiger partial charge in [-0.15, -0.1) is 0 Å². The molecule has 2 aromatic carbocycles. The number of hydrogen-bond donors (Lipinski definition) is 1. The Bertz CT molecular complexity index is 602. The summed E-state index contributed by atoms with van der Waals surface area (Å²) < 4.78 is 27.3. The summed E-state index contributed by atoms with van der Waals surface area (Å²) in [6, 6.07) is 7.81. The van der Waals surface area contributed by atoms with Gasteiger partial charge in [0.15, 0.2) is 0 Å². The Morgan fingerprint density at radius 1 is 1.00 bits per heavy atom. The molecule has 0 fully saturated rings. The van der Waals surface area contributed by atoms with E-state index >= 15 is 0 Å². The van der Waals surface area contributed by atoms with Crippen LogP contribution in [0.5, 0.6) is 0 Å². The molecule has 0 bridgehead atoms. The molecule has 5 heteroatoms. The first-order valence-corrected chi connectivity index (χ1v) is 6.35. The second-order valence-corrected chi connectivity index (χ2v) is 4.90. The molecule has 2 rings (SSSR count). The summed E-state index contributed by atoms with van der Waals surface area (Å²) in [6.45, 7) is 0. The summed E-state index contributed by atoms with van der Waals surface area (Å²) in [6.07, 6.45) is 0. The van der Waals surface area contributed by atoms with E-state index in [2.05, 4.69) is 5.32 Å². The molecule has 0 saturated carbocycles. The van der Waals surface area contributed by atoms with E-state index in [0.717, 1.165) is 0 Å². The average molecular weight is 302 g/mol. The SMILES string of the molecule is CNC(c1ccc(Cl)cc1F)c1cc(F)ccc1Cl. The minimum absolute atomic E-state index is 0.307. The lowest BCUT2D eigenvalue weighted by molar-refractivity contribution is 0.571. The van der Waals surface area contributed by atoms with Gasteiger partial charge in [-0.25, -0.2) is 8.78 Å². The van der Waals surface area contributed by atoms with Gasteiger partial charge in [0.1, 0.15) is 11.6 Å². The Balaban J connectivity index is 2.52. The quantitative estimate of drug-likeness (QED) is 0.875. The van der Waals surface area contributed by atoms with Crippen LogP contribution in [0.1, 0.15) is 17.2 Å². The summed E-state index contributed by atoms with van der Waals surface area (Å²) in [5, 5.41) is 3.61. The summed E-state index contributed by atoms with van der Waals surface area (Å²) >= 11 is 11.8. The van der Waals surface area contributed by atoms with E-state index in [1.54, 1.807) is 19.2 Å². The smallest absolute Gasteiger partial charge is 0.129 e. The number of benzene rings is 2. The molecular weight excluding hydrogens is 291 g/mol. The zero-order chi connectivity index (χ0) is 14.0. The van der Waals surface area contributed by atoms with Gasteiger partial charge in [-0.3, -0.25) is 0 Å². The van der Waals surface area contributed by atoms with Crippen molar-refractivity contribution in [3.63, 3.8) is 0 Å². The molecule has 0 heterocycles. The Kier molecular flexibility index (Phi) is 4.40. The van der Waals surface area contributed by atoms with Crippen LogP contribution in [0.4, 0.5) is 8.78 Å². The normalized spacial score (nSPS) is 12.5. The van der Waals surface area contributed by atoms with Crippen LogP contribution >= 0.6 is 23.2 Å². The maximum atomic E-state index is 13.9. The molecule has 0 aliphatic carbocycles. The number of nitrogens with one attached hydrogen (secondary N) is 1. The monoisotopic (exact) mass is 301 g/mol. The van der Waals surface area contributed by atoms with Crippen molar-refractivity contribution in [2.45, 2.75) is 6.04 Å². The average Bonchev–Trinajstić information content (AvgIpc) is 2.36. The Labute approximate surface area is 120 Å². The van der Waals surface area contributed by atoms with Crippen molar-refractivity contribution >= 4 is 23.2 Å². The van der Waals surface area contributed by atoms with Crippen molar-refractivity contribution in [2.75, 3.05) is 7.05 Å². The summed E-state index contributed by atoms with van der Waals surface area (Å²) in [5.74, 6) is -0.888. The van der Waals surface area contributed by atoms with Crippen LogP contribution in [0.15, 0.2) is 36.4 Å². The molecule has 1 unspecified atom stereocenters. The van der Waals surface area contributed by atoms with Crippen molar-refractivity contribution < 1.29 is 8.78 Å². The second-order valence-electron chi connectivity index (χ2n) is 4.05. The number of hydrogen-bond acceptors (Lipinski definition) is 1. The van der Waals surface area contributed by atoms with Crippen molar-refractivity contribution in [3.05, 3.63) is 69.2 Å². The van der Waals surface area contributed by atoms with Crippen LogP contribution in [-0.4, -0.2) is 7.05 Å². The van der Waals surface area contributed by atoms with Crippen molar-refractivity contribution in [1.82, 2.24) is 5.32 Å². The third kappa shape index (κ3) is 3.06. The predicted molar refractivity (Wildman–Crippen MR) is 73.7 cm³/mol. The molecule has 0 amide bonds. The fraction of sp³-hybridized carbons (Fsp3) is 0.143. The van der Waals surface area contributed by atoms with Gasteiger partial charge in [0.05, 0.1) is 6.04 Å². The van der Waals surface area contributed by atoms with Gasteiger partial charge in [0.2, 0.25) is 0 Å². The summed E-state index contributed by atoms with van der Waals surface area (Å²) in [5.41, 5.74) is 0.838. The molecule has 1 atom stereocenters. The molecule has 100 valence electrons. The highest BCUT2D eigenvalue weighted by atomic mass is 35.5. The van der Waals surface area contributed by atoms with E-state index in [1.165, 1.54) is 24.3 Å². The second kappa shape index (κ2) is 5.87. The van der Waals surface area contributed by atoms with Crippen LogP contribution in [-0.2, 0) is 0 Å². The van der Waals surface area contributed by atoms with E-state index in [4.69, 9.17) is 23.2 Å². The van der Waals surface area contributed by atoms with Gasteiger partial charge in [0, 0.05) is 15.6 Å².